The molecule has 1 aromatic rings. The van der Waals surface area contributed by atoms with E-state index in [1.54, 1.807) is 59.8 Å². The average molecular weight is 683 g/mol. The molecule has 2 heterocycles. The van der Waals surface area contributed by atoms with Crippen LogP contribution in [0.3, 0.4) is 0 Å². The Hall–Kier alpha value is -2.45. The molecular formula is C37H50N2O10. The van der Waals surface area contributed by atoms with Crippen LogP contribution in [0.25, 0.3) is 0 Å². The van der Waals surface area contributed by atoms with Crippen molar-refractivity contribution in [3.63, 3.8) is 0 Å². The maximum Gasteiger partial charge on any atom is 0.340 e. The molecule has 2 amide bonds. The molecule has 0 radical (unpaired) electrons. The van der Waals surface area contributed by atoms with Crippen LogP contribution in [0.4, 0.5) is 5.69 Å². The Balaban J connectivity index is 1.25. The third-order valence-electron chi connectivity index (χ3n) is 14.5. The van der Waals surface area contributed by atoms with E-state index in [0.29, 0.717) is 25.9 Å². The summed E-state index contributed by atoms with van der Waals surface area (Å²) in [6.45, 7) is 3.46. The number of hydrogen-bond donors (Lipinski definition) is 1. The van der Waals surface area contributed by atoms with Gasteiger partial charge in [-0.3, -0.25) is 14.5 Å². The van der Waals surface area contributed by atoms with Crippen molar-refractivity contribution >= 4 is 23.5 Å². The predicted molar refractivity (Wildman–Crippen MR) is 175 cm³/mol. The number of piperidine rings is 1. The van der Waals surface area contributed by atoms with E-state index >= 15 is 0 Å². The Labute approximate surface area is 287 Å². The Bertz CT molecular complexity index is 1520. The van der Waals surface area contributed by atoms with Crippen molar-refractivity contribution in [2.45, 2.75) is 87.1 Å². The van der Waals surface area contributed by atoms with Gasteiger partial charge in [-0.25, -0.2) is 9.69 Å². The molecule has 1 aromatic carbocycles. The second kappa shape index (κ2) is 11.5. The smallest absolute Gasteiger partial charge is 0.340 e. The van der Waals surface area contributed by atoms with Crippen molar-refractivity contribution in [3.8, 4) is 0 Å². The number of imide groups is 1. The van der Waals surface area contributed by atoms with Crippen LogP contribution in [0.5, 0.6) is 0 Å². The summed E-state index contributed by atoms with van der Waals surface area (Å²) in [6.07, 6.45) is 1.84. The minimum atomic E-state index is -1.46. The number of aliphatic hydroxyl groups is 1. The highest BCUT2D eigenvalue weighted by atomic mass is 16.6. The van der Waals surface area contributed by atoms with Crippen LogP contribution >= 0.6 is 0 Å². The zero-order chi connectivity index (χ0) is 34.7. The lowest BCUT2D eigenvalue weighted by molar-refractivity contribution is -0.326. The summed E-state index contributed by atoms with van der Waals surface area (Å²) in [5.74, 6) is -1.42. The van der Waals surface area contributed by atoms with Gasteiger partial charge in [0.05, 0.1) is 48.3 Å². The van der Waals surface area contributed by atoms with E-state index in [4.69, 9.17) is 28.4 Å². The number of carbonyl (C=O) groups excluding carboxylic acids is 3. The van der Waals surface area contributed by atoms with Gasteiger partial charge in [0.1, 0.15) is 11.2 Å². The number of benzene rings is 1. The molecule has 0 aromatic heterocycles. The van der Waals surface area contributed by atoms with Gasteiger partial charge in [0.2, 0.25) is 11.8 Å². The van der Waals surface area contributed by atoms with Crippen molar-refractivity contribution in [1.29, 1.82) is 0 Å². The number of esters is 1. The van der Waals surface area contributed by atoms with Gasteiger partial charge in [-0.1, -0.05) is 19.1 Å². The van der Waals surface area contributed by atoms with Crippen molar-refractivity contribution in [3.05, 3.63) is 29.8 Å². The molecule has 7 fully saturated rings. The highest BCUT2D eigenvalue weighted by Crippen LogP contribution is 2.81. The van der Waals surface area contributed by atoms with Crippen molar-refractivity contribution in [2.24, 2.45) is 34.5 Å². The molecule has 1 spiro atoms. The number of rotatable bonds is 10. The molecule has 5 saturated carbocycles. The number of hydrogen-bond acceptors (Lipinski definition) is 11. The summed E-state index contributed by atoms with van der Waals surface area (Å²) < 4.78 is 38.6. The molecule has 8 rings (SSSR count). The number of anilines is 1. The third kappa shape index (κ3) is 3.86. The molecule has 5 aliphatic carbocycles. The fraction of sp³-hybridized carbons (Fsp3) is 0.757. The standard InChI is InChI=1S/C37H50N2O10/c1-7-38-18-34(19-49-32(42)20-10-8-9-11-23(20)39-26(40)12-13-27(39)41)15-14-25(45-3)36-22-16-21-24(44-2)17-35(48-6,28(22)29(21)46-4)37(43,33(36)38)31(47-5)30(34)36/h8-11,21-22,24-25,28-31,33,43H,7,12-19H2,1-6H3/t21-,22?,24+,25+,28?,29+,30?,31+,33?,34+,35-,36+,37+/m1/s1. The number of para-hydroxylation sites is 1. The van der Waals surface area contributed by atoms with Gasteiger partial charge >= 0.3 is 5.97 Å². The second-order valence-corrected chi connectivity index (χ2v) is 15.6. The number of amides is 2. The average Bonchev–Trinajstić information content (AvgIpc) is 3.68. The van der Waals surface area contributed by atoms with Crippen molar-refractivity contribution in [2.75, 3.05) is 60.1 Å². The first kappa shape index (κ1) is 33.7. The SMILES string of the molecule is CCN1C[C@]2(COC(=O)c3ccccc3N3C(=O)CCC3=O)CC[C@H](OC)[C@]34C5C[C@@H]6[C@@H](OC)C[C@@](OC)(C5[C@H]6OC)[C@@](O)(C13)[C@@H](OC)C24. The van der Waals surface area contributed by atoms with E-state index < -0.39 is 34.1 Å². The lowest BCUT2D eigenvalue weighted by atomic mass is 9.42. The van der Waals surface area contributed by atoms with E-state index in [2.05, 4.69) is 11.8 Å². The Kier molecular flexibility index (Phi) is 7.92. The summed E-state index contributed by atoms with van der Waals surface area (Å²) in [4.78, 5) is 42.9. The van der Waals surface area contributed by atoms with Gasteiger partial charge in [-0.15, -0.1) is 0 Å². The lowest BCUT2D eigenvalue weighted by Gasteiger charge is -2.70. The maximum atomic E-state index is 14.0. The topological polar surface area (TPSA) is 133 Å². The van der Waals surface area contributed by atoms with Crippen LogP contribution in [0.15, 0.2) is 24.3 Å². The van der Waals surface area contributed by atoms with Gasteiger partial charge < -0.3 is 33.5 Å². The molecule has 13 atom stereocenters. The van der Waals surface area contributed by atoms with E-state index in [1.807, 2.05) is 0 Å². The van der Waals surface area contributed by atoms with Crippen LogP contribution in [0.1, 0.15) is 55.8 Å². The van der Waals surface area contributed by atoms with Gasteiger partial charge in [-0.2, -0.15) is 0 Å². The minimum absolute atomic E-state index is 0.0561. The molecule has 2 aliphatic heterocycles. The quantitative estimate of drug-likeness (QED) is 0.288. The minimum Gasteiger partial charge on any atom is -0.461 e. The summed E-state index contributed by atoms with van der Waals surface area (Å²) >= 11 is 0. The van der Waals surface area contributed by atoms with Gasteiger partial charge in [0.25, 0.3) is 0 Å². The molecule has 2 saturated heterocycles. The predicted octanol–water partition coefficient (Wildman–Crippen LogP) is 2.44. The summed E-state index contributed by atoms with van der Waals surface area (Å²) in [6, 6.07) is 6.31. The number of carbonyl (C=O) groups is 3. The van der Waals surface area contributed by atoms with Crippen molar-refractivity contribution < 1.29 is 47.9 Å². The maximum absolute atomic E-state index is 14.0. The number of methoxy groups -OCH3 is 5. The number of fused-ring (bicyclic) bond motifs is 2. The molecule has 1 N–H and O–H groups in total. The van der Waals surface area contributed by atoms with Crippen LogP contribution in [0.2, 0.25) is 0 Å². The summed E-state index contributed by atoms with van der Waals surface area (Å²) in [5.41, 5.74) is -3.21. The molecule has 12 heteroatoms. The van der Waals surface area contributed by atoms with Crippen molar-refractivity contribution in [1.82, 2.24) is 4.90 Å². The highest BCUT2D eigenvalue weighted by Gasteiger charge is 2.92. The molecule has 7 aliphatic rings. The normalized spacial score (nSPS) is 46.4. The number of nitrogens with zero attached hydrogens (tertiary/aromatic N) is 2. The van der Waals surface area contributed by atoms with Gasteiger partial charge in [0, 0.05) is 89.9 Å². The van der Waals surface area contributed by atoms with E-state index in [-0.39, 0.29) is 90.5 Å². The summed E-state index contributed by atoms with van der Waals surface area (Å²) in [5, 5.41) is 13.8. The Morgan fingerprint density at radius 3 is 2.37 bits per heavy atom. The monoisotopic (exact) mass is 682 g/mol. The fourth-order valence-corrected chi connectivity index (χ4v) is 13.3. The van der Waals surface area contributed by atoms with Crippen LogP contribution < -0.4 is 4.90 Å². The lowest BCUT2D eigenvalue weighted by Crippen LogP contribution is -2.82. The van der Waals surface area contributed by atoms with E-state index in [0.717, 1.165) is 17.7 Å². The zero-order valence-electron chi connectivity index (χ0n) is 29.4. The van der Waals surface area contributed by atoms with E-state index in [9.17, 15) is 19.5 Å². The van der Waals surface area contributed by atoms with Crippen LogP contribution in [-0.2, 0) is 38.0 Å². The fourth-order valence-electron chi connectivity index (χ4n) is 13.3. The zero-order valence-corrected chi connectivity index (χ0v) is 29.4. The third-order valence-corrected chi connectivity index (χ3v) is 14.5. The number of likely N-dealkylation sites (N-methyl/N-ethyl adjacent to an activating group) is 1. The highest BCUT2D eigenvalue weighted by molar-refractivity contribution is 6.21. The molecule has 7 bridgehead atoms. The van der Waals surface area contributed by atoms with Gasteiger partial charge in [-0.05, 0) is 43.9 Å². The van der Waals surface area contributed by atoms with Crippen LogP contribution in [-0.4, -0.2) is 125 Å². The van der Waals surface area contributed by atoms with Crippen LogP contribution in [0, 0.1) is 34.5 Å². The molecule has 12 nitrogen and oxygen atoms in total. The largest absolute Gasteiger partial charge is 0.461 e. The molecule has 268 valence electrons. The molecular weight excluding hydrogens is 632 g/mol. The second-order valence-electron chi connectivity index (χ2n) is 15.6. The summed E-state index contributed by atoms with van der Waals surface area (Å²) in [7, 11) is 8.65. The van der Waals surface area contributed by atoms with E-state index in [1.165, 1.54) is 0 Å². The first-order chi connectivity index (χ1) is 23.6. The number of likely N-dealkylation sites (tertiary alicyclic amines) is 1. The first-order valence-electron chi connectivity index (χ1n) is 17.8. The Morgan fingerprint density at radius 1 is 1.00 bits per heavy atom. The van der Waals surface area contributed by atoms with Gasteiger partial charge in [0.15, 0.2) is 0 Å². The molecule has 49 heavy (non-hydrogen) atoms. The number of ether oxygens (including phenoxy) is 6. The first-order valence-corrected chi connectivity index (χ1v) is 17.8. The Morgan fingerprint density at radius 2 is 1.73 bits per heavy atom. The molecule has 4 unspecified atom stereocenters.